The normalized spacial score (nSPS) is 19.2. The molecule has 2 aliphatic heterocycles. The predicted octanol–water partition coefficient (Wildman–Crippen LogP) is 2.63. The average molecular weight is 489 g/mol. The monoisotopic (exact) mass is 488 g/mol. The second kappa shape index (κ2) is 10.5. The average Bonchev–Trinajstić information content (AvgIpc) is 3.25. The molecule has 186 valence electrons. The van der Waals surface area contributed by atoms with Crippen LogP contribution in [0.15, 0.2) is 54.6 Å². The molecule has 2 aromatic carbocycles. The van der Waals surface area contributed by atoms with Gasteiger partial charge in [-0.3, -0.25) is 19.3 Å². The van der Waals surface area contributed by atoms with Gasteiger partial charge in [0.2, 0.25) is 11.8 Å². The van der Waals surface area contributed by atoms with Crippen molar-refractivity contribution in [1.82, 2.24) is 15.1 Å². The number of carbonyl (C=O) groups excluding carboxylic acids is 3. The maximum atomic E-state index is 13.2. The van der Waals surface area contributed by atoms with E-state index >= 15 is 0 Å². The molecular weight excluding hydrogens is 461 g/mol. The standard InChI is InChI=1S/C25H27F3N4O3/c26-25(27,28)21-9-5-4-8-20(21)24(35)31-14-12-30(13-15-31)11-10-29-23(34)18-16-22(33)32(17-18)19-6-2-1-3-7-19/h1-9,18H,10-17H2,(H,29,34). The number of hydrogen-bond acceptors (Lipinski definition) is 4. The number of anilines is 1. The van der Waals surface area contributed by atoms with Gasteiger partial charge in [0.25, 0.3) is 5.91 Å². The van der Waals surface area contributed by atoms with E-state index in [1.165, 1.54) is 23.1 Å². The number of piperazine rings is 1. The molecule has 2 saturated heterocycles. The van der Waals surface area contributed by atoms with Gasteiger partial charge in [-0.05, 0) is 24.3 Å². The first-order valence-corrected chi connectivity index (χ1v) is 11.5. The zero-order valence-electron chi connectivity index (χ0n) is 19.1. The van der Waals surface area contributed by atoms with Crippen LogP contribution in [0, 0.1) is 5.92 Å². The van der Waals surface area contributed by atoms with Gasteiger partial charge in [0.1, 0.15) is 0 Å². The molecule has 0 radical (unpaired) electrons. The van der Waals surface area contributed by atoms with E-state index in [-0.39, 0.29) is 23.8 Å². The van der Waals surface area contributed by atoms with Gasteiger partial charge in [0, 0.05) is 57.9 Å². The van der Waals surface area contributed by atoms with Crippen molar-refractivity contribution in [3.8, 4) is 0 Å². The Morgan fingerprint density at radius 1 is 0.943 bits per heavy atom. The number of nitrogens with one attached hydrogen (secondary N) is 1. The summed E-state index contributed by atoms with van der Waals surface area (Å²) in [5, 5.41) is 2.88. The van der Waals surface area contributed by atoms with Gasteiger partial charge in [0.15, 0.2) is 0 Å². The van der Waals surface area contributed by atoms with Gasteiger partial charge < -0.3 is 15.1 Å². The summed E-state index contributed by atoms with van der Waals surface area (Å²) in [6.07, 6.45) is -4.42. The van der Waals surface area contributed by atoms with E-state index in [9.17, 15) is 27.6 Å². The Kier molecular flexibility index (Phi) is 7.39. The maximum absolute atomic E-state index is 13.2. The fraction of sp³-hybridized carbons (Fsp3) is 0.400. The second-order valence-electron chi connectivity index (χ2n) is 8.71. The lowest BCUT2D eigenvalue weighted by Crippen LogP contribution is -2.50. The highest BCUT2D eigenvalue weighted by Crippen LogP contribution is 2.32. The lowest BCUT2D eigenvalue weighted by molar-refractivity contribution is -0.138. The van der Waals surface area contributed by atoms with Crippen LogP contribution in [0.25, 0.3) is 0 Å². The van der Waals surface area contributed by atoms with Crippen LogP contribution in [0.5, 0.6) is 0 Å². The van der Waals surface area contributed by atoms with Gasteiger partial charge in [-0.15, -0.1) is 0 Å². The lowest BCUT2D eigenvalue weighted by atomic mass is 10.1. The molecule has 1 atom stereocenters. The molecule has 7 nitrogen and oxygen atoms in total. The molecule has 10 heteroatoms. The molecule has 2 heterocycles. The molecule has 4 rings (SSSR count). The Morgan fingerprint density at radius 3 is 2.29 bits per heavy atom. The Bertz CT molecular complexity index is 1070. The number of hydrogen-bond donors (Lipinski definition) is 1. The van der Waals surface area contributed by atoms with E-state index in [4.69, 9.17) is 0 Å². The zero-order valence-corrected chi connectivity index (χ0v) is 19.1. The molecule has 2 fully saturated rings. The molecule has 0 aromatic heterocycles. The second-order valence-corrected chi connectivity index (χ2v) is 8.71. The number of halogens is 3. The number of carbonyl (C=O) groups is 3. The van der Waals surface area contributed by atoms with Crippen LogP contribution in [0.4, 0.5) is 18.9 Å². The first-order chi connectivity index (χ1) is 16.7. The summed E-state index contributed by atoms with van der Waals surface area (Å²) in [4.78, 5) is 42.7. The predicted molar refractivity (Wildman–Crippen MR) is 124 cm³/mol. The fourth-order valence-electron chi connectivity index (χ4n) is 4.48. The molecule has 0 aliphatic carbocycles. The van der Waals surface area contributed by atoms with Gasteiger partial charge in [-0.25, -0.2) is 0 Å². The third-order valence-electron chi connectivity index (χ3n) is 6.41. The van der Waals surface area contributed by atoms with Crippen molar-refractivity contribution >= 4 is 23.4 Å². The maximum Gasteiger partial charge on any atom is 0.417 e. The van der Waals surface area contributed by atoms with Crippen LogP contribution in [0.3, 0.4) is 0 Å². The molecule has 1 unspecified atom stereocenters. The number of alkyl halides is 3. The quantitative estimate of drug-likeness (QED) is 0.679. The minimum atomic E-state index is -4.59. The molecule has 0 bridgehead atoms. The van der Waals surface area contributed by atoms with Gasteiger partial charge in [0.05, 0.1) is 17.0 Å². The van der Waals surface area contributed by atoms with Crippen molar-refractivity contribution in [2.45, 2.75) is 12.6 Å². The van der Waals surface area contributed by atoms with Crippen molar-refractivity contribution in [2.24, 2.45) is 5.92 Å². The molecule has 0 spiro atoms. The largest absolute Gasteiger partial charge is 0.417 e. The summed E-state index contributed by atoms with van der Waals surface area (Å²) in [5.74, 6) is -1.29. The van der Waals surface area contributed by atoms with E-state index in [1.807, 2.05) is 30.3 Å². The number of rotatable bonds is 6. The Hall–Kier alpha value is -3.40. The van der Waals surface area contributed by atoms with Crippen molar-refractivity contribution in [3.05, 3.63) is 65.7 Å². The molecule has 3 amide bonds. The topological polar surface area (TPSA) is 73.0 Å². The van der Waals surface area contributed by atoms with Gasteiger partial charge in [-0.2, -0.15) is 13.2 Å². The third-order valence-corrected chi connectivity index (χ3v) is 6.41. The minimum absolute atomic E-state index is 0.0794. The van der Waals surface area contributed by atoms with Crippen molar-refractivity contribution in [3.63, 3.8) is 0 Å². The number of benzene rings is 2. The zero-order chi connectivity index (χ0) is 25.0. The van der Waals surface area contributed by atoms with Crippen LogP contribution in [0.1, 0.15) is 22.3 Å². The molecular formula is C25H27F3N4O3. The Balaban J connectivity index is 1.22. The van der Waals surface area contributed by atoms with Crippen LogP contribution in [0.2, 0.25) is 0 Å². The third kappa shape index (κ3) is 5.82. The first kappa shape index (κ1) is 24.7. The van der Waals surface area contributed by atoms with Crippen molar-refractivity contribution in [1.29, 1.82) is 0 Å². The smallest absolute Gasteiger partial charge is 0.355 e. The summed E-state index contributed by atoms with van der Waals surface area (Å²) in [6, 6.07) is 14.1. The number of nitrogens with zero attached hydrogens (tertiary/aromatic N) is 3. The summed E-state index contributed by atoms with van der Waals surface area (Å²) in [6.45, 7) is 2.90. The van der Waals surface area contributed by atoms with Crippen molar-refractivity contribution < 1.29 is 27.6 Å². The summed E-state index contributed by atoms with van der Waals surface area (Å²) in [5.41, 5.74) is -0.485. The van der Waals surface area contributed by atoms with Gasteiger partial charge in [-0.1, -0.05) is 30.3 Å². The van der Waals surface area contributed by atoms with Gasteiger partial charge >= 0.3 is 6.18 Å². The number of para-hydroxylation sites is 1. The van der Waals surface area contributed by atoms with Crippen LogP contribution in [-0.2, 0) is 15.8 Å². The van der Waals surface area contributed by atoms with Crippen LogP contribution in [-0.4, -0.2) is 73.3 Å². The molecule has 2 aromatic rings. The van der Waals surface area contributed by atoms with Crippen LogP contribution < -0.4 is 10.2 Å². The highest BCUT2D eigenvalue weighted by molar-refractivity contribution is 6.00. The first-order valence-electron chi connectivity index (χ1n) is 11.5. The van der Waals surface area contributed by atoms with E-state index in [1.54, 1.807) is 4.90 Å². The Morgan fingerprint density at radius 2 is 1.60 bits per heavy atom. The number of amides is 3. The summed E-state index contributed by atoms with van der Waals surface area (Å²) < 4.78 is 39.7. The highest BCUT2D eigenvalue weighted by Gasteiger charge is 2.37. The van der Waals surface area contributed by atoms with E-state index in [2.05, 4.69) is 10.2 Å². The van der Waals surface area contributed by atoms with Crippen LogP contribution >= 0.6 is 0 Å². The van der Waals surface area contributed by atoms with E-state index in [0.29, 0.717) is 45.8 Å². The summed E-state index contributed by atoms with van der Waals surface area (Å²) in [7, 11) is 0. The lowest BCUT2D eigenvalue weighted by Gasteiger charge is -2.35. The molecule has 35 heavy (non-hydrogen) atoms. The molecule has 1 N–H and O–H groups in total. The SMILES string of the molecule is O=C(NCCN1CCN(C(=O)c2ccccc2C(F)(F)F)CC1)C1CC(=O)N(c2ccccc2)C1. The molecule has 2 aliphatic rings. The fourth-order valence-corrected chi connectivity index (χ4v) is 4.48. The summed E-state index contributed by atoms with van der Waals surface area (Å²) >= 11 is 0. The van der Waals surface area contributed by atoms with Crippen molar-refractivity contribution in [2.75, 3.05) is 50.7 Å². The van der Waals surface area contributed by atoms with E-state index < -0.39 is 23.6 Å². The highest BCUT2D eigenvalue weighted by atomic mass is 19.4. The molecule has 0 saturated carbocycles. The Labute approximate surface area is 201 Å². The minimum Gasteiger partial charge on any atom is -0.355 e. The van der Waals surface area contributed by atoms with E-state index in [0.717, 1.165) is 11.8 Å².